The topological polar surface area (TPSA) is 77.8 Å². The summed E-state index contributed by atoms with van der Waals surface area (Å²) in [6, 6.07) is 0. The van der Waals surface area contributed by atoms with Crippen LogP contribution in [0.5, 0.6) is 0 Å². The smallest absolute Gasteiger partial charge is 0.303 e. The minimum atomic E-state index is -0.727. The minimum absolute atomic E-state index is 0.183. The van der Waals surface area contributed by atoms with Crippen LogP contribution in [0.15, 0.2) is 0 Å². The Hall–Kier alpha value is -0.610. The van der Waals surface area contributed by atoms with Crippen molar-refractivity contribution < 1.29 is 20.1 Å². The van der Waals surface area contributed by atoms with Gasteiger partial charge in [0.05, 0.1) is 12.2 Å². The molecule has 0 radical (unpaired) electrons. The van der Waals surface area contributed by atoms with Crippen LogP contribution in [-0.4, -0.2) is 33.5 Å². The minimum Gasteiger partial charge on any atom is -0.481 e. The number of fused-ring (bicyclic) bond motifs is 5. The fourth-order valence-electron chi connectivity index (χ4n) is 8.74. The second kappa shape index (κ2) is 7.27. The first-order valence-electron chi connectivity index (χ1n) is 11.8. The molecule has 4 rings (SSSR count). The normalized spacial score (nSPS) is 51.7. The third-order valence-corrected chi connectivity index (χ3v) is 10.3. The summed E-state index contributed by atoms with van der Waals surface area (Å²) >= 11 is 0. The zero-order valence-corrected chi connectivity index (χ0v) is 17.9. The van der Waals surface area contributed by atoms with Crippen molar-refractivity contribution in [1.29, 1.82) is 0 Å². The number of rotatable bonds is 4. The third-order valence-electron chi connectivity index (χ3n) is 10.3. The summed E-state index contributed by atoms with van der Waals surface area (Å²) in [7, 11) is 0. The molecule has 4 nitrogen and oxygen atoms in total. The Kier molecular flexibility index (Phi) is 5.36. The number of carboxylic acid groups (broad SMARTS) is 1. The van der Waals surface area contributed by atoms with Gasteiger partial charge in [-0.1, -0.05) is 33.6 Å². The van der Waals surface area contributed by atoms with E-state index in [4.69, 9.17) is 5.11 Å². The summed E-state index contributed by atoms with van der Waals surface area (Å²) < 4.78 is 0. The molecule has 160 valence electrons. The molecule has 4 aliphatic carbocycles. The predicted octanol–water partition coefficient (Wildman–Crippen LogP) is 4.48. The first-order valence-corrected chi connectivity index (χ1v) is 11.8. The molecule has 4 fully saturated rings. The van der Waals surface area contributed by atoms with Gasteiger partial charge in [-0.3, -0.25) is 4.79 Å². The first kappa shape index (κ1) is 20.7. The molecule has 4 aliphatic rings. The molecule has 0 spiro atoms. The SMILES string of the molecule is C[C@H](CCC(=O)O)C1CCC2C3C(C[C@H](O)C21C)C1(C)CCCCC1C[C@H]3O. The Morgan fingerprint density at radius 3 is 2.54 bits per heavy atom. The van der Waals surface area contributed by atoms with Gasteiger partial charge < -0.3 is 15.3 Å². The van der Waals surface area contributed by atoms with Crippen molar-refractivity contribution in [3.63, 3.8) is 0 Å². The number of aliphatic hydroxyl groups excluding tert-OH is 2. The van der Waals surface area contributed by atoms with E-state index in [1.165, 1.54) is 25.7 Å². The number of hydrogen-bond donors (Lipinski definition) is 3. The van der Waals surface area contributed by atoms with Crippen LogP contribution < -0.4 is 0 Å². The van der Waals surface area contributed by atoms with Gasteiger partial charge in [-0.15, -0.1) is 0 Å². The third kappa shape index (κ3) is 2.96. The van der Waals surface area contributed by atoms with Crippen molar-refractivity contribution >= 4 is 5.97 Å². The number of carboxylic acids is 1. The highest BCUT2D eigenvalue weighted by molar-refractivity contribution is 5.66. The van der Waals surface area contributed by atoms with E-state index in [9.17, 15) is 15.0 Å². The average Bonchev–Trinajstić information content (AvgIpc) is 3.00. The maximum atomic E-state index is 11.5. The monoisotopic (exact) mass is 392 g/mol. The average molecular weight is 393 g/mol. The molecule has 4 saturated carbocycles. The van der Waals surface area contributed by atoms with Crippen molar-refractivity contribution in [2.45, 2.75) is 97.2 Å². The molecule has 10 atom stereocenters. The molecule has 0 aromatic rings. The van der Waals surface area contributed by atoms with Gasteiger partial charge in [0.2, 0.25) is 0 Å². The Morgan fingerprint density at radius 2 is 1.82 bits per heavy atom. The van der Waals surface area contributed by atoms with Gasteiger partial charge in [0.15, 0.2) is 0 Å². The summed E-state index contributed by atoms with van der Waals surface area (Å²) in [6.07, 6.45) is 9.32. The van der Waals surface area contributed by atoms with Crippen molar-refractivity contribution in [3.05, 3.63) is 0 Å². The van der Waals surface area contributed by atoms with E-state index >= 15 is 0 Å². The van der Waals surface area contributed by atoms with Crippen LogP contribution in [0.1, 0.15) is 85.0 Å². The van der Waals surface area contributed by atoms with Gasteiger partial charge in [-0.2, -0.15) is 0 Å². The molecule has 4 heteroatoms. The molecule has 28 heavy (non-hydrogen) atoms. The summed E-state index contributed by atoms with van der Waals surface area (Å²) in [5.74, 6) is 1.66. The Morgan fingerprint density at radius 1 is 1.07 bits per heavy atom. The van der Waals surface area contributed by atoms with Gasteiger partial charge in [0, 0.05) is 6.42 Å². The largest absolute Gasteiger partial charge is 0.481 e. The lowest BCUT2D eigenvalue weighted by Gasteiger charge is -2.63. The lowest BCUT2D eigenvalue weighted by atomic mass is 9.43. The number of carbonyl (C=O) groups is 1. The molecule has 0 aromatic heterocycles. The maximum Gasteiger partial charge on any atom is 0.303 e. The number of aliphatic hydroxyl groups is 2. The molecular weight excluding hydrogens is 352 g/mol. The van der Waals surface area contributed by atoms with Crippen LogP contribution >= 0.6 is 0 Å². The van der Waals surface area contributed by atoms with Crippen LogP contribution in [0.3, 0.4) is 0 Å². The molecule has 0 aliphatic heterocycles. The summed E-state index contributed by atoms with van der Waals surface area (Å²) in [5, 5.41) is 31.8. The zero-order valence-electron chi connectivity index (χ0n) is 17.9. The van der Waals surface area contributed by atoms with E-state index in [1.807, 2.05) is 0 Å². The van der Waals surface area contributed by atoms with Gasteiger partial charge >= 0.3 is 5.97 Å². The number of aliphatic carboxylic acids is 1. The van der Waals surface area contributed by atoms with Crippen molar-refractivity contribution in [2.75, 3.05) is 0 Å². The maximum absolute atomic E-state index is 11.5. The van der Waals surface area contributed by atoms with E-state index in [2.05, 4.69) is 20.8 Å². The molecular formula is C24H40O4. The Labute approximate surface area is 170 Å². The standard InChI is InChI=1S/C24H40O4/c1-14(7-10-21(27)28)16-8-9-17-22-18(13-20(26)24(16,17)3)23(2)11-5-4-6-15(23)12-19(22)25/h14-20,22,25-26H,4-13H2,1-3H3,(H,27,28)/t14-,15?,16?,17?,18?,19-,20+,22?,23?,24?/m1/s1. The summed E-state index contributed by atoms with van der Waals surface area (Å²) in [6.45, 7) is 6.89. The van der Waals surface area contributed by atoms with Crippen LogP contribution in [0.25, 0.3) is 0 Å². The molecule has 0 saturated heterocycles. The van der Waals surface area contributed by atoms with Crippen molar-refractivity contribution in [1.82, 2.24) is 0 Å². The number of hydrogen-bond acceptors (Lipinski definition) is 3. The van der Waals surface area contributed by atoms with E-state index in [0.717, 1.165) is 25.7 Å². The lowest BCUT2D eigenvalue weighted by Crippen LogP contribution is -2.61. The van der Waals surface area contributed by atoms with Gasteiger partial charge in [0.25, 0.3) is 0 Å². The molecule has 0 heterocycles. The molecule has 7 unspecified atom stereocenters. The Bertz CT molecular complexity index is 605. The quantitative estimate of drug-likeness (QED) is 0.659. The van der Waals surface area contributed by atoms with Crippen LogP contribution in [0.2, 0.25) is 0 Å². The van der Waals surface area contributed by atoms with Crippen molar-refractivity contribution in [2.24, 2.45) is 46.3 Å². The van der Waals surface area contributed by atoms with Crippen molar-refractivity contribution in [3.8, 4) is 0 Å². The zero-order chi connectivity index (χ0) is 20.3. The predicted molar refractivity (Wildman–Crippen MR) is 109 cm³/mol. The van der Waals surface area contributed by atoms with E-state index < -0.39 is 5.97 Å². The summed E-state index contributed by atoms with van der Waals surface area (Å²) in [4.78, 5) is 11.1. The lowest BCUT2D eigenvalue weighted by molar-refractivity contribution is -0.201. The summed E-state index contributed by atoms with van der Waals surface area (Å²) in [5.41, 5.74) is 0.0927. The second-order valence-corrected chi connectivity index (χ2v) is 11.3. The fourth-order valence-corrected chi connectivity index (χ4v) is 8.74. The molecule has 0 amide bonds. The second-order valence-electron chi connectivity index (χ2n) is 11.3. The van der Waals surface area contributed by atoms with E-state index in [1.54, 1.807) is 0 Å². The van der Waals surface area contributed by atoms with Crippen LogP contribution in [0.4, 0.5) is 0 Å². The molecule has 0 bridgehead atoms. The fraction of sp³-hybridized carbons (Fsp3) is 0.958. The molecule has 0 aromatic carbocycles. The van der Waals surface area contributed by atoms with Gasteiger partial charge in [-0.25, -0.2) is 0 Å². The van der Waals surface area contributed by atoms with Crippen LogP contribution in [-0.2, 0) is 4.79 Å². The van der Waals surface area contributed by atoms with Crippen LogP contribution in [0, 0.1) is 46.3 Å². The highest BCUT2D eigenvalue weighted by Gasteiger charge is 2.65. The Balaban J connectivity index is 1.61. The van der Waals surface area contributed by atoms with Gasteiger partial charge in [0.1, 0.15) is 0 Å². The van der Waals surface area contributed by atoms with E-state index in [-0.39, 0.29) is 29.5 Å². The highest BCUT2D eigenvalue weighted by Crippen LogP contribution is 2.68. The van der Waals surface area contributed by atoms with E-state index in [0.29, 0.717) is 41.9 Å². The first-order chi connectivity index (χ1) is 13.2. The highest BCUT2D eigenvalue weighted by atomic mass is 16.4. The van der Waals surface area contributed by atoms with Gasteiger partial charge in [-0.05, 0) is 91.3 Å². The molecule has 3 N–H and O–H groups in total.